The molecule has 0 aromatic carbocycles. The number of pyridine rings is 1. The fourth-order valence-electron chi connectivity index (χ4n) is 4.34. The zero-order valence-electron chi connectivity index (χ0n) is 16.1. The summed E-state index contributed by atoms with van der Waals surface area (Å²) < 4.78 is 2.25. The first-order valence-electron chi connectivity index (χ1n) is 9.94. The number of hydrogen-bond donors (Lipinski definition) is 0. The van der Waals surface area contributed by atoms with Gasteiger partial charge in [-0.05, 0) is 64.4 Å². The largest absolute Gasteiger partial charge is 0.317 e. The Hall–Kier alpha value is -1.79. The molecule has 0 amide bonds. The number of likely N-dealkylation sites (tertiary alicyclic amines) is 2. The van der Waals surface area contributed by atoms with Gasteiger partial charge < -0.3 is 4.57 Å². The molecule has 2 aromatic heterocycles. The Balaban J connectivity index is 1.41. The summed E-state index contributed by atoms with van der Waals surface area (Å²) in [6.45, 7) is 8.51. The minimum absolute atomic E-state index is 0.471. The van der Waals surface area contributed by atoms with Crippen molar-refractivity contribution in [2.24, 2.45) is 7.05 Å². The lowest BCUT2D eigenvalue weighted by Crippen LogP contribution is -2.35. The topological polar surface area (TPSA) is 50.1 Å². The second kappa shape index (κ2) is 7.84. The molecule has 0 N–H and O–H groups in total. The maximum absolute atomic E-state index is 4.66. The number of nitrogens with zero attached hydrogens (tertiary/aromatic N) is 6. The van der Waals surface area contributed by atoms with Gasteiger partial charge in [0, 0.05) is 31.7 Å². The molecule has 6 heteroatoms. The van der Waals surface area contributed by atoms with E-state index in [0.29, 0.717) is 5.92 Å². The summed E-state index contributed by atoms with van der Waals surface area (Å²) >= 11 is 0. The van der Waals surface area contributed by atoms with Crippen molar-refractivity contribution in [2.45, 2.75) is 51.6 Å². The van der Waals surface area contributed by atoms with Gasteiger partial charge in [-0.3, -0.25) is 14.8 Å². The first-order chi connectivity index (χ1) is 12.7. The Labute approximate surface area is 156 Å². The van der Waals surface area contributed by atoms with E-state index in [-0.39, 0.29) is 0 Å². The minimum Gasteiger partial charge on any atom is -0.317 e. The first-order valence-corrected chi connectivity index (χ1v) is 9.94. The van der Waals surface area contributed by atoms with Crippen LogP contribution in [0.1, 0.15) is 54.6 Å². The van der Waals surface area contributed by atoms with E-state index < -0.39 is 0 Å². The zero-order valence-corrected chi connectivity index (χ0v) is 16.1. The summed E-state index contributed by atoms with van der Waals surface area (Å²) in [4.78, 5) is 9.67. The van der Waals surface area contributed by atoms with Crippen molar-refractivity contribution in [1.82, 2.24) is 29.5 Å². The first kappa shape index (κ1) is 17.6. The molecular formula is C20H30N6. The Bertz CT molecular complexity index is 734. The molecule has 6 nitrogen and oxygen atoms in total. The second-order valence-electron chi connectivity index (χ2n) is 7.86. The van der Waals surface area contributed by atoms with Gasteiger partial charge in [0.1, 0.15) is 11.6 Å². The molecule has 0 unspecified atom stereocenters. The van der Waals surface area contributed by atoms with Crippen molar-refractivity contribution in [3.05, 3.63) is 41.2 Å². The second-order valence-corrected chi connectivity index (χ2v) is 7.86. The van der Waals surface area contributed by atoms with Gasteiger partial charge in [-0.2, -0.15) is 0 Å². The monoisotopic (exact) mass is 354 g/mol. The third kappa shape index (κ3) is 3.96. The lowest BCUT2D eigenvalue weighted by molar-refractivity contribution is 0.192. The fraction of sp³-hybridized carbons (Fsp3) is 0.650. The Morgan fingerprint density at radius 2 is 1.81 bits per heavy atom. The maximum Gasteiger partial charge on any atom is 0.146 e. The van der Waals surface area contributed by atoms with Crippen LogP contribution in [-0.4, -0.2) is 55.7 Å². The molecule has 2 fully saturated rings. The van der Waals surface area contributed by atoms with E-state index in [2.05, 4.69) is 61.7 Å². The third-order valence-corrected chi connectivity index (χ3v) is 5.76. The third-order valence-electron chi connectivity index (χ3n) is 5.76. The van der Waals surface area contributed by atoms with Gasteiger partial charge in [0.15, 0.2) is 0 Å². The molecule has 26 heavy (non-hydrogen) atoms. The summed E-state index contributed by atoms with van der Waals surface area (Å²) in [6, 6.07) is 6.30. The van der Waals surface area contributed by atoms with Crippen molar-refractivity contribution in [1.29, 1.82) is 0 Å². The summed E-state index contributed by atoms with van der Waals surface area (Å²) in [5, 5.41) is 9.10. The summed E-state index contributed by atoms with van der Waals surface area (Å²) in [7, 11) is 2.14. The summed E-state index contributed by atoms with van der Waals surface area (Å²) in [5.74, 6) is 2.74. The minimum atomic E-state index is 0.471. The molecule has 4 rings (SSSR count). The molecule has 0 aliphatic carbocycles. The molecule has 0 bridgehead atoms. The van der Waals surface area contributed by atoms with Crippen molar-refractivity contribution >= 4 is 0 Å². The average Bonchev–Trinajstić information content (AvgIpc) is 3.26. The van der Waals surface area contributed by atoms with E-state index >= 15 is 0 Å². The van der Waals surface area contributed by atoms with Crippen LogP contribution in [-0.2, 0) is 20.1 Å². The standard InChI is InChI=1S/C20H30N6/c1-16-7-5-9-18(21-16)14-26-12-6-8-17(13-26)20-23-22-19(24(20)2)15-25-10-3-4-11-25/h5,7,9,17H,3-4,6,8,10-15H2,1-2H3/t17-/m1/s1. The molecule has 2 aliphatic rings. The predicted molar refractivity (Wildman–Crippen MR) is 102 cm³/mol. The molecule has 4 heterocycles. The smallest absolute Gasteiger partial charge is 0.146 e. The quantitative estimate of drug-likeness (QED) is 0.826. The Morgan fingerprint density at radius 1 is 1.00 bits per heavy atom. The SMILES string of the molecule is Cc1cccc(CN2CCC[C@@H](c3nnc(CN4CCCC4)n3C)C2)n1. The fourth-order valence-corrected chi connectivity index (χ4v) is 4.34. The molecule has 2 aromatic rings. The van der Waals surface area contributed by atoms with E-state index in [0.717, 1.165) is 43.5 Å². The number of rotatable bonds is 5. The van der Waals surface area contributed by atoms with Crippen LogP contribution in [0.25, 0.3) is 0 Å². The zero-order chi connectivity index (χ0) is 17.9. The number of hydrogen-bond acceptors (Lipinski definition) is 5. The molecule has 1 atom stereocenters. The van der Waals surface area contributed by atoms with Gasteiger partial charge in [-0.15, -0.1) is 10.2 Å². The van der Waals surface area contributed by atoms with Crippen LogP contribution in [0.15, 0.2) is 18.2 Å². The van der Waals surface area contributed by atoms with Crippen LogP contribution in [0, 0.1) is 6.92 Å². The van der Waals surface area contributed by atoms with Gasteiger partial charge in [0.05, 0.1) is 12.2 Å². The molecule has 0 saturated carbocycles. The highest BCUT2D eigenvalue weighted by Crippen LogP contribution is 2.27. The van der Waals surface area contributed by atoms with Crippen molar-refractivity contribution < 1.29 is 0 Å². The molecule has 0 radical (unpaired) electrons. The van der Waals surface area contributed by atoms with Gasteiger partial charge in [-0.25, -0.2) is 0 Å². The van der Waals surface area contributed by atoms with E-state index in [9.17, 15) is 0 Å². The molecular weight excluding hydrogens is 324 g/mol. The Morgan fingerprint density at radius 3 is 2.62 bits per heavy atom. The summed E-state index contributed by atoms with van der Waals surface area (Å²) in [6.07, 6.45) is 5.04. The van der Waals surface area contributed by atoms with Crippen LogP contribution in [0.3, 0.4) is 0 Å². The van der Waals surface area contributed by atoms with Gasteiger partial charge in [0.2, 0.25) is 0 Å². The highest BCUT2D eigenvalue weighted by molar-refractivity contribution is 5.10. The van der Waals surface area contributed by atoms with E-state index in [1.54, 1.807) is 0 Å². The summed E-state index contributed by atoms with van der Waals surface area (Å²) in [5.41, 5.74) is 2.26. The number of piperidine rings is 1. The molecule has 0 spiro atoms. The lowest BCUT2D eigenvalue weighted by Gasteiger charge is -2.32. The van der Waals surface area contributed by atoms with E-state index in [1.165, 1.54) is 44.5 Å². The average molecular weight is 355 g/mol. The number of aromatic nitrogens is 4. The Kier molecular flexibility index (Phi) is 5.31. The predicted octanol–water partition coefficient (Wildman–Crippen LogP) is 2.49. The van der Waals surface area contributed by atoms with Crippen LogP contribution < -0.4 is 0 Å². The highest BCUT2D eigenvalue weighted by Gasteiger charge is 2.26. The van der Waals surface area contributed by atoms with Crippen LogP contribution in [0.2, 0.25) is 0 Å². The van der Waals surface area contributed by atoms with E-state index in [1.807, 2.05) is 0 Å². The molecule has 140 valence electrons. The van der Waals surface area contributed by atoms with Crippen LogP contribution in [0.4, 0.5) is 0 Å². The van der Waals surface area contributed by atoms with Gasteiger partial charge in [0.25, 0.3) is 0 Å². The maximum atomic E-state index is 4.66. The normalized spacial score (nSPS) is 22.2. The molecule has 2 aliphatic heterocycles. The van der Waals surface area contributed by atoms with Gasteiger partial charge >= 0.3 is 0 Å². The van der Waals surface area contributed by atoms with Crippen LogP contribution >= 0.6 is 0 Å². The molecule has 2 saturated heterocycles. The van der Waals surface area contributed by atoms with Crippen molar-refractivity contribution in [2.75, 3.05) is 26.2 Å². The van der Waals surface area contributed by atoms with E-state index in [4.69, 9.17) is 0 Å². The van der Waals surface area contributed by atoms with Crippen LogP contribution in [0.5, 0.6) is 0 Å². The van der Waals surface area contributed by atoms with Crippen molar-refractivity contribution in [3.63, 3.8) is 0 Å². The lowest BCUT2D eigenvalue weighted by atomic mass is 9.97. The highest BCUT2D eigenvalue weighted by atomic mass is 15.3. The number of aryl methyl sites for hydroxylation is 1. The van der Waals surface area contributed by atoms with Gasteiger partial charge in [-0.1, -0.05) is 6.07 Å². The van der Waals surface area contributed by atoms with Crippen molar-refractivity contribution in [3.8, 4) is 0 Å².